The van der Waals surface area contributed by atoms with Crippen molar-refractivity contribution < 1.29 is 14.7 Å². The molecule has 0 bridgehead atoms. The van der Waals surface area contributed by atoms with Gasteiger partial charge in [0, 0.05) is 12.8 Å². The largest absolute Gasteiger partial charge is 0.481 e. The molecular weight excluding hydrogens is 180 g/mol. The van der Waals surface area contributed by atoms with E-state index in [4.69, 9.17) is 5.11 Å². The first-order valence-electron chi connectivity index (χ1n) is 5.37. The molecule has 2 rings (SSSR count). The Bertz CT molecular complexity index is 256. The molecule has 0 atom stereocenters. The van der Waals surface area contributed by atoms with Crippen molar-refractivity contribution in [1.82, 2.24) is 0 Å². The van der Waals surface area contributed by atoms with Gasteiger partial charge >= 0.3 is 5.97 Å². The first kappa shape index (κ1) is 9.69. The summed E-state index contributed by atoms with van der Waals surface area (Å²) in [7, 11) is 0. The minimum atomic E-state index is -0.760. The number of Topliss-reactive ketones (excluding diaryl/α,β-unsaturated/α-hetero) is 1. The van der Waals surface area contributed by atoms with Gasteiger partial charge in [-0.2, -0.15) is 0 Å². The fourth-order valence-electron chi connectivity index (χ4n) is 2.85. The van der Waals surface area contributed by atoms with E-state index in [1.54, 1.807) is 0 Å². The second kappa shape index (κ2) is 3.37. The first-order chi connectivity index (χ1) is 6.62. The van der Waals surface area contributed by atoms with E-state index in [1.165, 1.54) is 12.8 Å². The highest BCUT2D eigenvalue weighted by Gasteiger charge is 2.51. The molecule has 0 aromatic rings. The Morgan fingerprint density at radius 3 is 2.36 bits per heavy atom. The van der Waals surface area contributed by atoms with Crippen LogP contribution in [0.3, 0.4) is 0 Å². The van der Waals surface area contributed by atoms with Crippen LogP contribution in [-0.4, -0.2) is 16.9 Å². The smallest absolute Gasteiger partial charge is 0.310 e. The number of carbonyl (C=O) groups excluding carboxylic acids is 1. The molecule has 0 heterocycles. The number of carboxylic acid groups (broad SMARTS) is 1. The molecule has 0 radical (unpaired) electrons. The van der Waals surface area contributed by atoms with E-state index in [9.17, 15) is 9.59 Å². The van der Waals surface area contributed by atoms with Crippen LogP contribution in [0.25, 0.3) is 0 Å². The molecule has 2 saturated carbocycles. The molecule has 0 aromatic heterocycles. The predicted octanol–water partition coefficient (Wildman–Crippen LogP) is 2.00. The Hall–Kier alpha value is -0.860. The number of hydrogen-bond donors (Lipinski definition) is 1. The van der Waals surface area contributed by atoms with Crippen molar-refractivity contribution in [2.45, 2.75) is 44.9 Å². The summed E-state index contributed by atoms with van der Waals surface area (Å²) in [6.07, 6.45) is 6.06. The summed E-state index contributed by atoms with van der Waals surface area (Å²) in [6, 6.07) is 0. The summed E-state index contributed by atoms with van der Waals surface area (Å²) >= 11 is 0. The van der Waals surface area contributed by atoms with Gasteiger partial charge in [0.25, 0.3) is 0 Å². The number of hydrogen-bond acceptors (Lipinski definition) is 2. The summed E-state index contributed by atoms with van der Waals surface area (Å²) in [4.78, 5) is 22.0. The van der Waals surface area contributed by atoms with Crippen LogP contribution in [0.1, 0.15) is 44.9 Å². The maximum Gasteiger partial charge on any atom is 0.310 e. The molecule has 0 amide bonds. The standard InChI is InChI=1S/C11H16O3/c12-9-6-11(7-9,10(13)14)5-8-3-1-2-4-8/h8H,1-7H2,(H,13,14). The SMILES string of the molecule is O=C1CC(CC2CCCC2)(C(=O)O)C1. The van der Waals surface area contributed by atoms with E-state index in [-0.39, 0.29) is 18.6 Å². The lowest BCUT2D eigenvalue weighted by atomic mass is 9.63. The highest BCUT2D eigenvalue weighted by atomic mass is 16.4. The third-order valence-electron chi connectivity index (χ3n) is 3.68. The normalized spacial score (nSPS) is 26.1. The lowest BCUT2D eigenvalue weighted by Gasteiger charge is -2.38. The van der Waals surface area contributed by atoms with Gasteiger partial charge in [-0.1, -0.05) is 25.7 Å². The van der Waals surface area contributed by atoms with Gasteiger partial charge in [0.1, 0.15) is 5.78 Å². The summed E-state index contributed by atoms with van der Waals surface area (Å²) in [5, 5.41) is 9.11. The molecule has 1 N–H and O–H groups in total. The highest BCUT2D eigenvalue weighted by Crippen LogP contribution is 2.46. The summed E-state index contributed by atoms with van der Waals surface area (Å²) in [6.45, 7) is 0. The molecule has 3 heteroatoms. The van der Waals surface area contributed by atoms with E-state index in [2.05, 4.69) is 0 Å². The second-order valence-corrected chi connectivity index (χ2v) is 4.83. The molecule has 0 spiro atoms. The van der Waals surface area contributed by atoms with Crippen molar-refractivity contribution in [1.29, 1.82) is 0 Å². The lowest BCUT2D eigenvalue weighted by Crippen LogP contribution is -2.45. The number of carboxylic acids is 1. The van der Waals surface area contributed by atoms with Gasteiger partial charge in [-0.3, -0.25) is 9.59 Å². The van der Waals surface area contributed by atoms with Gasteiger partial charge in [0.15, 0.2) is 0 Å². The van der Waals surface area contributed by atoms with Gasteiger partial charge in [0.05, 0.1) is 5.41 Å². The summed E-state index contributed by atoms with van der Waals surface area (Å²) < 4.78 is 0. The van der Waals surface area contributed by atoms with Crippen molar-refractivity contribution in [3.63, 3.8) is 0 Å². The minimum absolute atomic E-state index is 0.116. The van der Waals surface area contributed by atoms with Gasteiger partial charge in [-0.25, -0.2) is 0 Å². The number of aliphatic carboxylic acids is 1. The van der Waals surface area contributed by atoms with Gasteiger partial charge in [-0.05, 0) is 12.3 Å². The molecule has 0 aliphatic heterocycles. The molecule has 78 valence electrons. The number of carbonyl (C=O) groups is 2. The van der Waals surface area contributed by atoms with Gasteiger partial charge in [0.2, 0.25) is 0 Å². The van der Waals surface area contributed by atoms with Crippen molar-refractivity contribution in [3.05, 3.63) is 0 Å². The van der Waals surface area contributed by atoms with Crippen LogP contribution in [0.5, 0.6) is 0 Å². The zero-order chi connectivity index (χ0) is 10.2. The van der Waals surface area contributed by atoms with E-state index in [1.807, 2.05) is 0 Å². The van der Waals surface area contributed by atoms with Crippen LogP contribution in [0, 0.1) is 11.3 Å². The summed E-state index contributed by atoms with van der Waals surface area (Å²) in [5.41, 5.74) is -0.675. The van der Waals surface area contributed by atoms with E-state index >= 15 is 0 Å². The Labute approximate surface area is 83.5 Å². The molecule has 2 aliphatic rings. The number of ketones is 1. The quantitative estimate of drug-likeness (QED) is 0.751. The van der Waals surface area contributed by atoms with Crippen molar-refractivity contribution in [3.8, 4) is 0 Å². The molecule has 0 saturated heterocycles. The Morgan fingerprint density at radius 2 is 1.93 bits per heavy atom. The average Bonchev–Trinajstić information content (AvgIpc) is 2.53. The first-order valence-corrected chi connectivity index (χ1v) is 5.37. The molecule has 14 heavy (non-hydrogen) atoms. The van der Waals surface area contributed by atoms with Crippen LogP contribution in [0.15, 0.2) is 0 Å². The topological polar surface area (TPSA) is 54.4 Å². The zero-order valence-electron chi connectivity index (χ0n) is 8.29. The fourth-order valence-corrected chi connectivity index (χ4v) is 2.85. The highest BCUT2D eigenvalue weighted by molar-refractivity contribution is 5.96. The third-order valence-corrected chi connectivity index (χ3v) is 3.68. The Balaban J connectivity index is 1.98. The minimum Gasteiger partial charge on any atom is -0.481 e. The molecular formula is C11H16O3. The predicted molar refractivity (Wildman–Crippen MR) is 50.9 cm³/mol. The van der Waals surface area contributed by atoms with Gasteiger partial charge in [-0.15, -0.1) is 0 Å². The van der Waals surface area contributed by atoms with Crippen molar-refractivity contribution >= 4 is 11.8 Å². The molecule has 0 aromatic carbocycles. The van der Waals surface area contributed by atoms with E-state index in [0.29, 0.717) is 5.92 Å². The van der Waals surface area contributed by atoms with Crippen molar-refractivity contribution in [2.24, 2.45) is 11.3 Å². The second-order valence-electron chi connectivity index (χ2n) is 4.83. The monoisotopic (exact) mass is 196 g/mol. The van der Waals surface area contributed by atoms with Crippen LogP contribution in [0.2, 0.25) is 0 Å². The van der Waals surface area contributed by atoms with Gasteiger partial charge < -0.3 is 5.11 Å². The zero-order valence-corrected chi connectivity index (χ0v) is 8.29. The Kier molecular flexibility index (Phi) is 2.33. The lowest BCUT2D eigenvalue weighted by molar-refractivity contribution is -0.162. The van der Waals surface area contributed by atoms with Crippen LogP contribution < -0.4 is 0 Å². The average molecular weight is 196 g/mol. The fraction of sp³-hybridized carbons (Fsp3) is 0.818. The Morgan fingerprint density at radius 1 is 1.36 bits per heavy atom. The maximum atomic E-state index is 11.1. The third kappa shape index (κ3) is 1.56. The number of rotatable bonds is 3. The summed E-state index contributed by atoms with van der Waals surface area (Å²) in [5.74, 6) is -0.0893. The molecule has 2 aliphatic carbocycles. The van der Waals surface area contributed by atoms with Crippen LogP contribution in [-0.2, 0) is 9.59 Å². The van der Waals surface area contributed by atoms with E-state index < -0.39 is 11.4 Å². The maximum absolute atomic E-state index is 11.1. The molecule has 2 fully saturated rings. The molecule has 0 unspecified atom stereocenters. The van der Waals surface area contributed by atoms with E-state index in [0.717, 1.165) is 19.3 Å². The molecule has 3 nitrogen and oxygen atoms in total. The van der Waals surface area contributed by atoms with Crippen LogP contribution in [0.4, 0.5) is 0 Å². The van der Waals surface area contributed by atoms with Crippen LogP contribution >= 0.6 is 0 Å². The van der Waals surface area contributed by atoms with Crippen molar-refractivity contribution in [2.75, 3.05) is 0 Å².